The second kappa shape index (κ2) is 10.8. The van der Waals surface area contributed by atoms with E-state index in [9.17, 15) is 15.1 Å². The smallest absolute Gasteiger partial charge is 0.422 e. The van der Waals surface area contributed by atoms with Gasteiger partial charge in [-0.3, -0.25) is 5.32 Å². The number of hydrogen-bond donors (Lipinski definition) is 1. The quantitative estimate of drug-likeness (QED) is 0.195. The molecule has 4 rings (SSSR count). The SMILES string of the molecule is CCOC(=O)C(=[N+]=[N-])c1ccc(-c2ccc(-c3onc(C)c3NC(=O)OCCC3CC3)cc2)cc1. The van der Waals surface area contributed by atoms with Crippen molar-refractivity contribution in [1.82, 2.24) is 5.16 Å². The molecule has 1 aliphatic rings. The van der Waals surface area contributed by atoms with E-state index in [1.807, 2.05) is 36.4 Å². The molecule has 0 spiro atoms. The van der Waals surface area contributed by atoms with Gasteiger partial charge in [0.1, 0.15) is 11.4 Å². The summed E-state index contributed by atoms with van der Waals surface area (Å²) in [5, 5.41) is 6.74. The molecule has 0 saturated heterocycles. The first-order valence-electron chi connectivity index (χ1n) is 11.5. The van der Waals surface area contributed by atoms with Gasteiger partial charge in [-0.2, -0.15) is 4.79 Å². The van der Waals surface area contributed by atoms with E-state index in [-0.39, 0.29) is 12.3 Å². The van der Waals surface area contributed by atoms with E-state index in [1.54, 1.807) is 26.0 Å². The molecule has 1 amide bonds. The number of aryl methyl sites for hydroxylation is 1. The number of anilines is 1. The highest BCUT2D eigenvalue weighted by atomic mass is 16.5. The number of carbonyl (C=O) groups excluding carboxylic acids is 2. The van der Waals surface area contributed by atoms with Crippen molar-refractivity contribution in [3.05, 3.63) is 65.3 Å². The molecule has 9 nitrogen and oxygen atoms in total. The van der Waals surface area contributed by atoms with Crippen LogP contribution < -0.4 is 5.32 Å². The zero-order valence-electron chi connectivity index (χ0n) is 19.6. The molecule has 1 N–H and O–H groups in total. The summed E-state index contributed by atoms with van der Waals surface area (Å²) in [4.78, 5) is 27.2. The predicted molar refractivity (Wildman–Crippen MR) is 129 cm³/mol. The molecule has 35 heavy (non-hydrogen) atoms. The number of nitrogens with one attached hydrogen (secondary N) is 1. The molecule has 0 atom stereocenters. The lowest BCUT2D eigenvalue weighted by Crippen LogP contribution is -2.19. The third kappa shape index (κ3) is 5.83. The Labute approximate surface area is 202 Å². The first kappa shape index (κ1) is 23.9. The van der Waals surface area contributed by atoms with Crippen molar-refractivity contribution in [1.29, 1.82) is 0 Å². The van der Waals surface area contributed by atoms with Crippen LogP contribution in [0.1, 0.15) is 37.4 Å². The number of benzene rings is 2. The number of esters is 1. The van der Waals surface area contributed by atoms with Crippen molar-refractivity contribution in [3.63, 3.8) is 0 Å². The monoisotopic (exact) mass is 474 g/mol. The van der Waals surface area contributed by atoms with E-state index in [2.05, 4.69) is 15.3 Å². The van der Waals surface area contributed by atoms with Crippen molar-refractivity contribution in [2.45, 2.75) is 33.1 Å². The molecule has 0 aliphatic heterocycles. The average Bonchev–Trinajstić information content (AvgIpc) is 3.62. The van der Waals surface area contributed by atoms with Crippen LogP contribution in [-0.4, -0.2) is 40.9 Å². The zero-order valence-corrected chi connectivity index (χ0v) is 19.6. The van der Waals surface area contributed by atoms with Gasteiger partial charge in [-0.05, 0) is 49.4 Å². The number of nitrogens with zero attached hydrogens (tertiary/aromatic N) is 3. The maximum Gasteiger partial charge on any atom is 0.422 e. The van der Waals surface area contributed by atoms with Crippen LogP contribution in [0.2, 0.25) is 0 Å². The van der Waals surface area contributed by atoms with Gasteiger partial charge in [-0.1, -0.05) is 54.4 Å². The minimum atomic E-state index is -0.689. The van der Waals surface area contributed by atoms with Crippen LogP contribution in [0, 0.1) is 12.8 Å². The van der Waals surface area contributed by atoms with E-state index >= 15 is 0 Å². The Bertz CT molecular complexity index is 1250. The first-order chi connectivity index (χ1) is 17.0. The minimum absolute atomic E-state index is 0.152. The number of aromatic nitrogens is 1. The number of ether oxygens (including phenoxy) is 2. The second-order valence-corrected chi connectivity index (χ2v) is 8.29. The normalized spacial score (nSPS) is 12.5. The Morgan fingerprint density at radius 1 is 1.06 bits per heavy atom. The molecule has 0 radical (unpaired) electrons. The van der Waals surface area contributed by atoms with E-state index in [0.29, 0.717) is 35.2 Å². The lowest BCUT2D eigenvalue weighted by molar-refractivity contribution is -0.139. The van der Waals surface area contributed by atoms with Gasteiger partial charge in [0.15, 0.2) is 5.76 Å². The lowest BCUT2D eigenvalue weighted by Gasteiger charge is -2.08. The van der Waals surface area contributed by atoms with E-state index < -0.39 is 12.1 Å². The molecule has 1 aromatic heterocycles. The summed E-state index contributed by atoms with van der Waals surface area (Å²) in [5.41, 5.74) is 13.1. The van der Waals surface area contributed by atoms with Crippen LogP contribution in [0.25, 0.3) is 28.0 Å². The fraction of sp³-hybridized carbons (Fsp3) is 0.308. The summed E-state index contributed by atoms with van der Waals surface area (Å²) < 4.78 is 15.7. The van der Waals surface area contributed by atoms with Crippen LogP contribution in [0.5, 0.6) is 0 Å². The predicted octanol–water partition coefficient (Wildman–Crippen LogP) is 5.25. The Balaban J connectivity index is 1.46. The molecule has 3 aromatic rings. The summed E-state index contributed by atoms with van der Waals surface area (Å²) >= 11 is 0. The fourth-order valence-electron chi connectivity index (χ4n) is 3.63. The molecular weight excluding hydrogens is 448 g/mol. The van der Waals surface area contributed by atoms with Gasteiger partial charge in [0.05, 0.1) is 18.8 Å². The molecule has 9 heteroatoms. The van der Waals surface area contributed by atoms with Crippen molar-refractivity contribution in [2.24, 2.45) is 5.92 Å². The first-order valence-corrected chi connectivity index (χ1v) is 11.5. The van der Waals surface area contributed by atoms with Crippen molar-refractivity contribution in [2.75, 3.05) is 18.5 Å². The highest BCUT2D eigenvalue weighted by Gasteiger charge is 2.24. The molecule has 1 fully saturated rings. The van der Waals surface area contributed by atoms with Crippen LogP contribution >= 0.6 is 0 Å². The summed E-state index contributed by atoms with van der Waals surface area (Å²) in [6.07, 6.45) is 2.79. The van der Waals surface area contributed by atoms with Crippen LogP contribution in [-0.2, 0) is 14.3 Å². The molecule has 1 aliphatic carbocycles. The van der Waals surface area contributed by atoms with Crippen molar-refractivity contribution in [3.8, 4) is 22.5 Å². The third-order valence-electron chi connectivity index (χ3n) is 5.75. The van der Waals surface area contributed by atoms with E-state index in [1.165, 1.54) is 12.8 Å². The van der Waals surface area contributed by atoms with Gasteiger partial charge >= 0.3 is 17.8 Å². The zero-order chi connectivity index (χ0) is 24.8. The van der Waals surface area contributed by atoms with Crippen molar-refractivity contribution < 1.29 is 28.4 Å². The minimum Gasteiger partial charge on any atom is -0.457 e. The average molecular weight is 475 g/mol. The highest BCUT2D eigenvalue weighted by Crippen LogP contribution is 2.33. The number of hydrogen-bond acceptors (Lipinski definition) is 6. The maximum absolute atomic E-state index is 12.2. The highest BCUT2D eigenvalue weighted by molar-refractivity contribution is 6.40. The fourth-order valence-corrected chi connectivity index (χ4v) is 3.63. The number of rotatable bonds is 9. The molecule has 0 bridgehead atoms. The van der Waals surface area contributed by atoms with Crippen LogP contribution in [0.4, 0.5) is 10.5 Å². The topological polar surface area (TPSA) is 127 Å². The molecule has 0 unspecified atom stereocenters. The summed E-state index contributed by atoms with van der Waals surface area (Å²) in [7, 11) is 0. The number of carbonyl (C=O) groups is 2. The van der Waals surface area contributed by atoms with Gasteiger partial charge in [0.2, 0.25) is 0 Å². The van der Waals surface area contributed by atoms with Crippen LogP contribution in [0.3, 0.4) is 0 Å². The Kier molecular flexibility index (Phi) is 7.38. The van der Waals surface area contributed by atoms with E-state index in [4.69, 9.17) is 14.0 Å². The maximum atomic E-state index is 12.2. The summed E-state index contributed by atoms with van der Waals surface area (Å²) in [5.74, 6) is 0.445. The molecule has 1 saturated carbocycles. The Hall–Kier alpha value is -4.23. The molecule has 180 valence electrons. The van der Waals surface area contributed by atoms with Gasteiger partial charge in [0, 0.05) is 5.56 Å². The van der Waals surface area contributed by atoms with Gasteiger partial charge in [-0.15, -0.1) is 0 Å². The Morgan fingerprint density at radius 3 is 2.29 bits per heavy atom. The standard InChI is InChI=1S/C26H26N4O5/c1-3-33-25(31)23(29-27)20-10-6-18(7-11-20)19-8-12-21(13-9-19)24-22(16(2)30-35-24)28-26(32)34-15-14-17-4-5-17/h6-13,17H,3-5,14-15H2,1-2H3,(H,28,32). The summed E-state index contributed by atoms with van der Waals surface area (Å²) in [6, 6.07) is 14.6. The van der Waals surface area contributed by atoms with Crippen LogP contribution in [0.15, 0.2) is 53.1 Å². The Morgan fingerprint density at radius 2 is 1.69 bits per heavy atom. The molecular formula is C26H26N4O5. The van der Waals surface area contributed by atoms with E-state index in [0.717, 1.165) is 23.1 Å². The third-order valence-corrected chi connectivity index (χ3v) is 5.75. The lowest BCUT2D eigenvalue weighted by atomic mass is 10.00. The molecule has 1 heterocycles. The largest absolute Gasteiger partial charge is 0.457 e. The van der Waals surface area contributed by atoms with Gasteiger partial charge in [-0.25, -0.2) is 9.59 Å². The van der Waals surface area contributed by atoms with Gasteiger partial charge in [0.25, 0.3) is 0 Å². The van der Waals surface area contributed by atoms with Gasteiger partial charge < -0.3 is 19.5 Å². The second-order valence-electron chi connectivity index (χ2n) is 8.29. The van der Waals surface area contributed by atoms with Crippen molar-refractivity contribution >= 4 is 23.5 Å². The summed E-state index contributed by atoms with van der Waals surface area (Å²) in [6.45, 7) is 4.02. The molecule has 2 aromatic carbocycles. The number of amides is 1.